The number of carbonyl (C=O) groups excluding carboxylic acids is 1. The van der Waals surface area contributed by atoms with Crippen LogP contribution in [0.3, 0.4) is 0 Å². The fourth-order valence-electron chi connectivity index (χ4n) is 2.87. The molecule has 0 amide bonds. The van der Waals surface area contributed by atoms with Gasteiger partial charge in [-0.25, -0.2) is 0 Å². The SMILES string of the molecule is CCCC1(C(=O)Cc2ccc(CC)s2)CCNC1. The molecule has 100 valence electrons. The van der Waals surface area contributed by atoms with Gasteiger partial charge in [-0.05, 0) is 37.9 Å². The maximum atomic E-state index is 12.6. The van der Waals surface area contributed by atoms with E-state index in [-0.39, 0.29) is 5.41 Å². The highest BCUT2D eigenvalue weighted by Crippen LogP contribution is 2.34. The van der Waals surface area contributed by atoms with Gasteiger partial charge < -0.3 is 5.32 Å². The predicted molar refractivity (Wildman–Crippen MR) is 77.2 cm³/mol. The van der Waals surface area contributed by atoms with Crippen molar-refractivity contribution in [1.29, 1.82) is 0 Å². The largest absolute Gasteiger partial charge is 0.316 e. The molecule has 1 aliphatic rings. The minimum Gasteiger partial charge on any atom is -0.316 e. The third-order valence-corrected chi connectivity index (χ3v) is 5.19. The van der Waals surface area contributed by atoms with Gasteiger partial charge >= 0.3 is 0 Å². The lowest BCUT2D eigenvalue weighted by Crippen LogP contribution is -2.34. The molecule has 3 heteroatoms. The average molecular weight is 265 g/mol. The van der Waals surface area contributed by atoms with E-state index in [1.807, 2.05) is 0 Å². The number of hydrogen-bond donors (Lipinski definition) is 1. The Balaban J connectivity index is 2.05. The number of Topliss-reactive ketones (excluding diaryl/α,β-unsaturated/α-hetero) is 1. The van der Waals surface area contributed by atoms with Crippen LogP contribution < -0.4 is 5.32 Å². The highest BCUT2D eigenvalue weighted by molar-refractivity contribution is 7.12. The lowest BCUT2D eigenvalue weighted by molar-refractivity contribution is -0.127. The van der Waals surface area contributed by atoms with Gasteiger partial charge in [-0.2, -0.15) is 0 Å². The maximum Gasteiger partial charge on any atom is 0.145 e. The van der Waals surface area contributed by atoms with Crippen molar-refractivity contribution in [1.82, 2.24) is 5.32 Å². The molecule has 2 heterocycles. The molecule has 2 nitrogen and oxygen atoms in total. The van der Waals surface area contributed by atoms with Crippen LogP contribution in [0.25, 0.3) is 0 Å². The fraction of sp³-hybridized carbons (Fsp3) is 0.667. The third kappa shape index (κ3) is 2.83. The molecule has 1 aromatic heterocycles. The van der Waals surface area contributed by atoms with Crippen LogP contribution in [0, 0.1) is 5.41 Å². The molecule has 0 aromatic carbocycles. The summed E-state index contributed by atoms with van der Waals surface area (Å²) in [7, 11) is 0. The number of nitrogens with one attached hydrogen (secondary N) is 1. The molecule has 1 saturated heterocycles. The summed E-state index contributed by atoms with van der Waals surface area (Å²) in [5.41, 5.74) is -0.0783. The number of thiophene rings is 1. The van der Waals surface area contributed by atoms with E-state index < -0.39 is 0 Å². The second kappa shape index (κ2) is 5.98. The molecule has 0 bridgehead atoms. The summed E-state index contributed by atoms with van der Waals surface area (Å²) < 4.78 is 0. The molecule has 0 radical (unpaired) electrons. The summed E-state index contributed by atoms with van der Waals surface area (Å²) in [6.45, 7) is 6.21. The number of carbonyl (C=O) groups is 1. The quantitative estimate of drug-likeness (QED) is 0.856. The van der Waals surface area contributed by atoms with Crippen molar-refractivity contribution < 1.29 is 4.79 Å². The van der Waals surface area contributed by atoms with Crippen LogP contribution in [0.15, 0.2) is 12.1 Å². The summed E-state index contributed by atoms with van der Waals surface area (Å²) in [4.78, 5) is 15.2. The van der Waals surface area contributed by atoms with Gasteiger partial charge in [0.05, 0.1) is 0 Å². The minimum atomic E-state index is -0.0783. The molecule has 1 fully saturated rings. The zero-order valence-corrected chi connectivity index (χ0v) is 12.2. The van der Waals surface area contributed by atoms with Crippen LogP contribution in [0.5, 0.6) is 0 Å². The predicted octanol–water partition coefficient (Wildman–Crippen LogP) is 3.20. The molecule has 1 aliphatic heterocycles. The van der Waals surface area contributed by atoms with Crippen molar-refractivity contribution in [2.24, 2.45) is 5.41 Å². The smallest absolute Gasteiger partial charge is 0.145 e. The van der Waals surface area contributed by atoms with Crippen LogP contribution >= 0.6 is 11.3 Å². The number of rotatable bonds is 6. The van der Waals surface area contributed by atoms with Crippen LogP contribution in [-0.2, 0) is 17.6 Å². The van der Waals surface area contributed by atoms with Gasteiger partial charge in [-0.3, -0.25) is 4.79 Å². The van der Waals surface area contributed by atoms with E-state index in [1.54, 1.807) is 11.3 Å². The molecular formula is C15H23NOS. The first-order valence-electron chi connectivity index (χ1n) is 7.02. The highest BCUT2D eigenvalue weighted by Gasteiger charge is 2.39. The van der Waals surface area contributed by atoms with Gasteiger partial charge in [-0.15, -0.1) is 11.3 Å². The molecule has 1 atom stereocenters. The highest BCUT2D eigenvalue weighted by atomic mass is 32.1. The first kappa shape index (κ1) is 13.8. The Hall–Kier alpha value is -0.670. The number of aryl methyl sites for hydroxylation is 1. The van der Waals surface area contributed by atoms with Crippen molar-refractivity contribution in [3.05, 3.63) is 21.9 Å². The van der Waals surface area contributed by atoms with Gasteiger partial charge in [0.2, 0.25) is 0 Å². The van der Waals surface area contributed by atoms with Gasteiger partial charge in [0.15, 0.2) is 0 Å². The van der Waals surface area contributed by atoms with Crippen LogP contribution in [0.1, 0.15) is 42.9 Å². The van der Waals surface area contributed by atoms with E-state index in [1.165, 1.54) is 9.75 Å². The lowest BCUT2D eigenvalue weighted by Gasteiger charge is -2.25. The molecule has 18 heavy (non-hydrogen) atoms. The van der Waals surface area contributed by atoms with Crippen LogP contribution in [0.2, 0.25) is 0 Å². The van der Waals surface area contributed by atoms with Crippen LogP contribution in [-0.4, -0.2) is 18.9 Å². The second-order valence-corrected chi connectivity index (χ2v) is 6.53. The molecule has 2 rings (SSSR count). The van der Waals surface area contributed by atoms with E-state index in [4.69, 9.17) is 0 Å². The van der Waals surface area contributed by atoms with Crippen molar-refractivity contribution in [2.75, 3.05) is 13.1 Å². The van der Waals surface area contributed by atoms with Crippen molar-refractivity contribution >= 4 is 17.1 Å². The topological polar surface area (TPSA) is 29.1 Å². The Morgan fingerprint density at radius 2 is 2.17 bits per heavy atom. The Bertz CT molecular complexity index is 404. The number of ketones is 1. The zero-order chi connectivity index (χ0) is 13.0. The summed E-state index contributed by atoms with van der Waals surface area (Å²) in [5.74, 6) is 0.443. The Kier molecular flexibility index (Phi) is 4.57. The van der Waals surface area contributed by atoms with Gasteiger partial charge in [0, 0.05) is 28.1 Å². The maximum absolute atomic E-state index is 12.6. The number of hydrogen-bond acceptors (Lipinski definition) is 3. The van der Waals surface area contributed by atoms with Gasteiger partial charge in [-0.1, -0.05) is 20.3 Å². The summed E-state index contributed by atoms with van der Waals surface area (Å²) in [6.07, 6.45) is 4.85. The monoisotopic (exact) mass is 265 g/mol. The van der Waals surface area contributed by atoms with E-state index in [0.717, 1.165) is 38.8 Å². The van der Waals surface area contributed by atoms with Crippen molar-refractivity contribution in [2.45, 2.75) is 46.0 Å². The van der Waals surface area contributed by atoms with Crippen molar-refractivity contribution in [3.8, 4) is 0 Å². The van der Waals surface area contributed by atoms with Crippen molar-refractivity contribution in [3.63, 3.8) is 0 Å². The lowest BCUT2D eigenvalue weighted by atomic mass is 9.77. The van der Waals surface area contributed by atoms with E-state index in [9.17, 15) is 4.79 Å². The summed E-state index contributed by atoms with van der Waals surface area (Å²) >= 11 is 1.80. The molecule has 0 aliphatic carbocycles. The van der Waals surface area contributed by atoms with Crippen LogP contribution in [0.4, 0.5) is 0 Å². The third-order valence-electron chi connectivity index (χ3n) is 3.96. The van der Waals surface area contributed by atoms with E-state index in [0.29, 0.717) is 12.2 Å². The Labute approximate surface area is 114 Å². The minimum absolute atomic E-state index is 0.0783. The molecule has 0 spiro atoms. The van der Waals surface area contributed by atoms with E-state index >= 15 is 0 Å². The molecule has 1 aromatic rings. The summed E-state index contributed by atoms with van der Waals surface area (Å²) in [5, 5.41) is 3.36. The zero-order valence-electron chi connectivity index (χ0n) is 11.4. The first-order chi connectivity index (χ1) is 8.70. The first-order valence-corrected chi connectivity index (χ1v) is 7.83. The average Bonchev–Trinajstić information content (AvgIpc) is 2.99. The molecule has 0 saturated carbocycles. The normalized spacial score (nSPS) is 23.4. The molecule has 1 N–H and O–H groups in total. The Morgan fingerprint density at radius 1 is 1.39 bits per heavy atom. The Morgan fingerprint density at radius 3 is 2.72 bits per heavy atom. The van der Waals surface area contributed by atoms with Gasteiger partial charge in [0.1, 0.15) is 5.78 Å². The summed E-state index contributed by atoms with van der Waals surface area (Å²) in [6, 6.07) is 4.29. The standard InChI is InChI=1S/C15H23NOS/c1-3-7-15(8-9-16-11-15)14(17)10-13-6-5-12(4-2)18-13/h5-6,16H,3-4,7-11H2,1-2H3. The second-order valence-electron chi connectivity index (χ2n) is 5.28. The van der Waals surface area contributed by atoms with E-state index in [2.05, 4.69) is 31.3 Å². The molecular weight excluding hydrogens is 242 g/mol. The van der Waals surface area contributed by atoms with Gasteiger partial charge in [0.25, 0.3) is 0 Å². The fourth-order valence-corrected chi connectivity index (χ4v) is 3.82. The molecule has 1 unspecified atom stereocenters.